The molecule has 0 bridgehead atoms. The van der Waals surface area contributed by atoms with Crippen LogP contribution in [-0.4, -0.2) is 61.9 Å². The molecule has 29 heavy (non-hydrogen) atoms. The van der Waals surface area contributed by atoms with Crippen molar-refractivity contribution in [2.24, 2.45) is 10.9 Å². The number of aliphatic hydroxyl groups is 1. The van der Waals surface area contributed by atoms with Crippen LogP contribution in [0.1, 0.15) is 52.5 Å². The van der Waals surface area contributed by atoms with Crippen molar-refractivity contribution < 1.29 is 9.84 Å². The van der Waals surface area contributed by atoms with Gasteiger partial charge in [0.15, 0.2) is 5.96 Å². The van der Waals surface area contributed by atoms with Crippen LogP contribution in [0.3, 0.4) is 0 Å². The number of hydrogen-bond donors (Lipinski definition) is 3. The minimum absolute atomic E-state index is 0.239. The minimum atomic E-state index is 0.239. The monoisotopic (exact) mass is 406 g/mol. The first-order valence-corrected chi connectivity index (χ1v) is 11.2. The molecule has 1 aromatic carbocycles. The van der Waals surface area contributed by atoms with E-state index in [1.54, 1.807) is 0 Å². The smallest absolute Gasteiger partial charge is 0.191 e. The zero-order valence-corrected chi connectivity index (χ0v) is 18.9. The van der Waals surface area contributed by atoms with Crippen LogP contribution in [0.2, 0.25) is 0 Å². The number of aliphatic hydroxyl groups excluding tert-OH is 1. The van der Waals surface area contributed by atoms with Gasteiger partial charge in [0.1, 0.15) is 12.4 Å². The summed E-state index contributed by atoms with van der Waals surface area (Å²) < 4.78 is 5.85. The Labute approximate surface area is 177 Å². The second-order valence-electron chi connectivity index (χ2n) is 7.26. The lowest BCUT2D eigenvalue weighted by molar-refractivity contribution is 0.223. The first-order valence-electron chi connectivity index (χ1n) is 11.2. The molecule has 6 nitrogen and oxygen atoms in total. The van der Waals surface area contributed by atoms with Crippen molar-refractivity contribution in [1.82, 2.24) is 15.5 Å². The Morgan fingerprint density at radius 3 is 2.38 bits per heavy atom. The summed E-state index contributed by atoms with van der Waals surface area (Å²) in [5.41, 5.74) is 1.15. The topological polar surface area (TPSA) is 69.1 Å². The zero-order valence-electron chi connectivity index (χ0n) is 18.9. The molecule has 0 saturated carbocycles. The maximum Gasteiger partial charge on any atom is 0.191 e. The molecule has 1 aromatic rings. The van der Waals surface area contributed by atoms with Gasteiger partial charge in [-0.15, -0.1) is 0 Å². The lowest BCUT2D eigenvalue weighted by Crippen LogP contribution is -2.40. The summed E-state index contributed by atoms with van der Waals surface area (Å²) >= 11 is 0. The predicted octanol–water partition coefficient (Wildman–Crippen LogP) is 3.26. The van der Waals surface area contributed by atoms with E-state index in [9.17, 15) is 5.11 Å². The molecule has 0 spiro atoms. The van der Waals surface area contributed by atoms with Crippen LogP contribution in [-0.2, 0) is 6.54 Å². The van der Waals surface area contributed by atoms with E-state index in [1.807, 2.05) is 12.1 Å². The van der Waals surface area contributed by atoms with Gasteiger partial charge in [0, 0.05) is 26.2 Å². The molecule has 0 aliphatic carbocycles. The van der Waals surface area contributed by atoms with Crippen LogP contribution in [0.5, 0.6) is 5.75 Å². The lowest BCUT2D eigenvalue weighted by atomic mass is 10.0. The summed E-state index contributed by atoms with van der Waals surface area (Å²) in [6, 6.07) is 8.19. The molecule has 1 unspecified atom stereocenters. The van der Waals surface area contributed by atoms with Gasteiger partial charge in [-0.2, -0.15) is 0 Å². The number of likely N-dealkylation sites (N-methyl/N-ethyl adjacent to an activating group) is 1. The molecule has 3 N–H and O–H groups in total. The van der Waals surface area contributed by atoms with E-state index in [0.717, 1.165) is 69.3 Å². The standard InChI is InChI=1S/C23H42N4O2/c1-5-9-20(14-16-28)18-25-23(24-6-2)26-19-21-10-12-22(13-11-21)29-17-15-27(7-3)8-4/h10-13,20,28H,5-9,14-19H2,1-4H3,(H2,24,25,26). The first kappa shape index (κ1) is 25.2. The Kier molecular flexibility index (Phi) is 14.0. The van der Waals surface area contributed by atoms with Crippen LogP contribution in [0.4, 0.5) is 0 Å². The zero-order chi connectivity index (χ0) is 21.3. The van der Waals surface area contributed by atoms with Gasteiger partial charge in [0.05, 0.1) is 6.54 Å². The SMILES string of the molecule is CCCC(CCO)CNC(=NCc1ccc(OCCN(CC)CC)cc1)NCC. The van der Waals surface area contributed by atoms with Crippen LogP contribution in [0.25, 0.3) is 0 Å². The van der Waals surface area contributed by atoms with Crippen LogP contribution in [0.15, 0.2) is 29.3 Å². The Hall–Kier alpha value is -1.79. The van der Waals surface area contributed by atoms with Crippen molar-refractivity contribution in [2.75, 3.05) is 45.9 Å². The summed E-state index contributed by atoms with van der Waals surface area (Å²) in [5.74, 6) is 2.20. The van der Waals surface area contributed by atoms with E-state index in [1.165, 1.54) is 0 Å². The average molecular weight is 407 g/mol. The summed E-state index contributed by atoms with van der Waals surface area (Å²) in [4.78, 5) is 7.05. The summed E-state index contributed by atoms with van der Waals surface area (Å²) in [5, 5.41) is 15.9. The summed E-state index contributed by atoms with van der Waals surface area (Å²) in [6.07, 6.45) is 3.07. The van der Waals surface area contributed by atoms with Gasteiger partial charge in [-0.3, -0.25) is 0 Å². The molecule has 0 radical (unpaired) electrons. The molecule has 0 aliphatic heterocycles. The second kappa shape index (κ2) is 16.1. The molecular weight excluding hydrogens is 364 g/mol. The Bertz CT molecular complexity index is 538. The third kappa shape index (κ3) is 11.1. The van der Waals surface area contributed by atoms with Gasteiger partial charge in [0.25, 0.3) is 0 Å². The highest BCUT2D eigenvalue weighted by atomic mass is 16.5. The highest BCUT2D eigenvalue weighted by Crippen LogP contribution is 2.13. The van der Waals surface area contributed by atoms with Crippen molar-refractivity contribution >= 4 is 5.96 Å². The largest absolute Gasteiger partial charge is 0.492 e. The Morgan fingerprint density at radius 2 is 1.79 bits per heavy atom. The maximum absolute atomic E-state index is 9.23. The predicted molar refractivity (Wildman–Crippen MR) is 123 cm³/mol. The summed E-state index contributed by atoms with van der Waals surface area (Å²) in [6.45, 7) is 14.9. The Balaban J connectivity index is 2.52. The molecule has 1 atom stereocenters. The number of ether oxygens (including phenoxy) is 1. The van der Waals surface area contributed by atoms with Gasteiger partial charge >= 0.3 is 0 Å². The van der Waals surface area contributed by atoms with Gasteiger partial charge in [-0.05, 0) is 56.5 Å². The first-order chi connectivity index (χ1) is 14.2. The molecular formula is C23H42N4O2. The van der Waals surface area contributed by atoms with Gasteiger partial charge < -0.3 is 25.4 Å². The molecule has 0 amide bonds. The highest BCUT2D eigenvalue weighted by molar-refractivity contribution is 5.79. The number of nitrogens with zero attached hydrogens (tertiary/aromatic N) is 2. The molecule has 0 heterocycles. The molecule has 6 heteroatoms. The molecule has 166 valence electrons. The fourth-order valence-electron chi connectivity index (χ4n) is 3.22. The van der Waals surface area contributed by atoms with Crippen molar-refractivity contribution in [3.63, 3.8) is 0 Å². The van der Waals surface area contributed by atoms with Gasteiger partial charge in [0.2, 0.25) is 0 Å². The lowest BCUT2D eigenvalue weighted by Gasteiger charge is -2.18. The second-order valence-corrected chi connectivity index (χ2v) is 7.26. The van der Waals surface area contributed by atoms with E-state index in [4.69, 9.17) is 9.73 Å². The van der Waals surface area contributed by atoms with Crippen molar-refractivity contribution in [1.29, 1.82) is 0 Å². The third-order valence-electron chi connectivity index (χ3n) is 5.05. The number of guanidine groups is 1. The van der Waals surface area contributed by atoms with Crippen LogP contribution in [0, 0.1) is 5.92 Å². The van der Waals surface area contributed by atoms with Crippen LogP contribution < -0.4 is 15.4 Å². The fourth-order valence-corrected chi connectivity index (χ4v) is 3.22. The fraction of sp³-hybridized carbons (Fsp3) is 0.696. The van der Waals surface area contributed by atoms with E-state index >= 15 is 0 Å². The maximum atomic E-state index is 9.23. The van der Waals surface area contributed by atoms with Gasteiger partial charge in [-0.25, -0.2) is 4.99 Å². The normalized spacial score (nSPS) is 12.8. The number of nitrogens with one attached hydrogen (secondary N) is 2. The molecule has 1 rings (SSSR count). The quantitative estimate of drug-likeness (QED) is 0.308. The summed E-state index contributed by atoms with van der Waals surface area (Å²) in [7, 11) is 0. The molecule has 0 saturated heterocycles. The third-order valence-corrected chi connectivity index (χ3v) is 5.05. The van der Waals surface area contributed by atoms with Gasteiger partial charge in [-0.1, -0.05) is 39.3 Å². The van der Waals surface area contributed by atoms with Crippen molar-refractivity contribution in [3.05, 3.63) is 29.8 Å². The number of rotatable bonds is 15. The van der Waals surface area contributed by atoms with E-state index in [2.05, 4.69) is 55.4 Å². The van der Waals surface area contributed by atoms with E-state index in [0.29, 0.717) is 19.1 Å². The highest BCUT2D eigenvalue weighted by Gasteiger charge is 2.08. The number of aliphatic imine (C=N–C) groups is 1. The van der Waals surface area contributed by atoms with E-state index in [-0.39, 0.29) is 6.61 Å². The number of hydrogen-bond acceptors (Lipinski definition) is 4. The molecule has 0 aromatic heterocycles. The van der Waals surface area contributed by atoms with Crippen molar-refractivity contribution in [2.45, 2.75) is 53.5 Å². The minimum Gasteiger partial charge on any atom is -0.492 e. The van der Waals surface area contributed by atoms with Crippen molar-refractivity contribution in [3.8, 4) is 5.75 Å². The van der Waals surface area contributed by atoms with E-state index < -0.39 is 0 Å². The number of benzene rings is 1. The Morgan fingerprint density at radius 1 is 1.07 bits per heavy atom. The molecule has 0 fully saturated rings. The van der Waals surface area contributed by atoms with Crippen LogP contribution >= 0.6 is 0 Å². The molecule has 0 aliphatic rings. The average Bonchev–Trinajstić information content (AvgIpc) is 2.74.